The number of benzene rings is 4. The molecule has 0 unspecified atom stereocenters. The van der Waals surface area contributed by atoms with E-state index in [0.717, 1.165) is 24.3 Å². The topological polar surface area (TPSA) is 376 Å². The third kappa shape index (κ3) is 11.8. The van der Waals surface area contributed by atoms with Crippen LogP contribution in [0.3, 0.4) is 0 Å². The van der Waals surface area contributed by atoms with Crippen LogP contribution >= 0.6 is 0 Å². The molecular formula is C38H25N9Na3O13S3+. The van der Waals surface area contributed by atoms with E-state index < -0.39 is 96.1 Å². The molecule has 0 spiro atoms. The Bertz CT molecular complexity index is 3220. The van der Waals surface area contributed by atoms with Crippen LogP contribution < -0.4 is 105 Å². The van der Waals surface area contributed by atoms with E-state index in [1.54, 1.807) is 24.3 Å². The average molecular weight is 981 g/mol. The Hall–Kier alpha value is -4.33. The molecule has 22 nitrogen and oxygen atoms in total. The number of hydrazone groups is 1. The molecule has 0 amide bonds. The Morgan fingerprint density at radius 1 is 0.742 bits per heavy atom. The molecule has 0 aliphatic heterocycles. The van der Waals surface area contributed by atoms with Crippen LogP contribution in [0.5, 0.6) is 0 Å². The minimum absolute atomic E-state index is 0. The van der Waals surface area contributed by atoms with Crippen LogP contribution in [-0.2, 0) is 39.7 Å². The summed E-state index contributed by atoms with van der Waals surface area (Å²) in [7, 11) is -15.5. The van der Waals surface area contributed by atoms with E-state index in [1.807, 2.05) is 0 Å². The maximum absolute atomic E-state index is 13.9. The molecule has 0 bridgehead atoms. The van der Waals surface area contributed by atoms with Crippen molar-refractivity contribution in [1.82, 2.24) is 0 Å². The van der Waals surface area contributed by atoms with Crippen molar-refractivity contribution >= 4 is 93.9 Å². The number of nitrogens with two attached hydrogens (primary N) is 1. The number of azo groups is 2. The zero-order valence-electron chi connectivity index (χ0n) is 34.3. The standard InChI is InChI=1S/C38H27N9O13S3.3Na/c39-23-6-1-21-15-30(62(55,56)57)35(37(48)28(21)18-23)45-42-24-7-2-19(3-8-24)20-4-9-25(10-5-20)43-46-36-31(63(58,59)60)17-22-16-29(61(52,53)54)34(33(40)32(22)38(36)49)44-41-26-11-13-27(14-12-26)47(50)51;;;/h1-18,39,43,50H,40H2,(H,52,53,54)(H,55,56,57)(H2,58,59,60);;;/q;3*+1/p-2. The third-order valence-corrected chi connectivity index (χ3v) is 11.7. The second-order valence-corrected chi connectivity index (χ2v) is 17.3. The zero-order valence-corrected chi connectivity index (χ0v) is 42.8. The van der Waals surface area contributed by atoms with Gasteiger partial charge in [0.05, 0.1) is 49.5 Å². The van der Waals surface area contributed by atoms with Crippen molar-refractivity contribution < 1.29 is 143 Å². The van der Waals surface area contributed by atoms with E-state index >= 15 is 0 Å². The summed E-state index contributed by atoms with van der Waals surface area (Å²) in [5.74, 6) is -2.08. The minimum atomic E-state index is -5.39. The molecule has 7 N–H and O–H groups in total. The van der Waals surface area contributed by atoms with E-state index in [2.05, 4.69) is 31.0 Å². The monoisotopic (exact) mass is 980 g/mol. The predicted octanol–water partition coefficient (Wildman–Crippen LogP) is -2.72. The number of nitrogens with zero attached hydrogens (tertiary/aromatic N) is 6. The van der Waals surface area contributed by atoms with Gasteiger partial charge in [0.25, 0.3) is 4.91 Å². The first-order valence-corrected chi connectivity index (χ1v) is 21.7. The molecule has 0 atom stereocenters. The fraction of sp³-hybridized carbons (Fsp3) is 0. The van der Waals surface area contributed by atoms with E-state index in [0.29, 0.717) is 17.2 Å². The third-order valence-electron chi connectivity index (χ3n) is 9.14. The molecule has 0 fully saturated rings. The van der Waals surface area contributed by atoms with Gasteiger partial charge in [0.1, 0.15) is 25.9 Å². The second kappa shape index (κ2) is 21.3. The van der Waals surface area contributed by atoms with Crippen LogP contribution in [0, 0.1) is 10.6 Å². The number of anilines is 3. The number of nitrogen functional groups attached to an aromatic ring is 1. The van der Waals surface area contributed by atoms with Gasteiger partial charge < -0.3 is 30.7 Å². The smallest absolute Gasteiger partial charge is 0.744 e. The molecule has 320 valence electrons. The van der Waals surface area contributed by atoms with Crippen molar-refractivity contribution in [3.8, 4) is 11.1 Å². The summed E-state index contributed by atoms with van der Waals surface area (Å²) in [6.45, 7) is 0. The van der Waals surface area contributed by atoms with Gasteiger partial charge in [-0.3, -0.25) is 20.2 Å². The summed E-state index contributed by atoms with van der Waals surface area (Å²) >= 11 is 0. The Balaban J connectivity index is 0.00000317. The molecule has 7 rings (SSSR count). The first kappa shape index (κ1) is 54.3. The summed E-state index contributed by atoms with van der Waals surface area (Å²) in [4.78, 5) is 24.1. The number of nitrogens with one attached hydrogen (secondary N) is 2. The fourth-order valence-corrected chi connectivity index (χ4v) is 8.12. The van der Waals surface area contributed by atoms with Gasteiger partial charge in [-0.05, 0) is 99.3 Å². The minimum Gasteiger partial charge on any atom is -0.744 e. The maximum atomic E-state index is 13.9. The van der Waals surface area contributed by atoms with Crippen LogP contribution in [0.15, 0.2) is 160 Å². The molecule has 3 aliphatic carbocycles. The fourth-order valence-electron chi connectivity index (χ4n) is 6.15. The van der Waals surface area contributed by atoms with Crippen molar-refractivity contribution in [2.45, 2.75) is 4.90 Å². The van der Waals surface area contributed by atoms with Crippen LogP contribution in [0.2, 0.25) is 0 Å². The number of carbonyl (C=O) groups excluding carboxylic acids is 2. The summed E-state index contributed by atoms with van der Waals surface area (Å²) < 4.78 is 106. The number of hydrogen-bond acceptors (Lipinski definition) is 20. The van der Waals surface area contributed by atoms with Gasteiger partial charge in [-0.15, -0.1) is 10.2 Å². The van der Waals surface area contributed by atoms with Gasteiger partial charge in [-0.25, -0.2) is 16.8 Å². The number of ketones is 2. The zero-order chi connectivity index (χ0) is 45.6. The number of allylic oxidation sites excluding steroid dienone is 7. The summed E-state index contributed by atoms with van der Waals surface area (Å²) in [6, 6.07) is 17.7. The molecule has 4 aromatic rings. The van der Waals surface area contributed by atoms with Crippen LogP contribution in [-0.4, -0.2) is 63.2 Å². The molecule has 3 aliphatic rings. The van der Waals surface area contributed by atoms with Crippen molar-refractivity contribution in [3.63, 3.8) is 0 Å². The van der Waals surface area contributed by atoms with E-state index in [4.69, 9.17) is 16.4 Å². The first-order chi connectivity index (χ1) is 29.6. The molecular weight excluding hydrogens is 956 g/mol. The number of hydrogen-bond donors (Lipinski definition) is 6. The Morgan fingerprint density at radius 3 is 1.85 bits per heavy atom. The van der Waals surface area contributed by atoms with Crippen molar-refractivity contribution in [1.29, 1.82) is 5.41 Å². The second-order valence-electron chi connectivity index (χ2n) is 13.2. The van der Waals surface area contributed by atoms with Crippen molar-refractivity contribution in [3.05, 3.63) is 146 Å². The van der Waals surface area contributed by atoms with Gasteiger partial charge in [0, 0.05) is 11.6 Å². The van der Waals surface area contributed by atoms with E-state index in [-0.39, 0.29) is 128 Å². The number of Topliss-reactive ketones (excluding diaryl/α,β-unsaturated/α-hetero) is 2. The molecule has 0 aromatic heterocycles. The predicted molar refractivity (Wildman–Crippen MR) is 225 cm³/mol. The Kier molecular flexibility index (Phi) is 17.5. The number of rotatable bonds is 11. The van der Waals surface area contributed by atoms with Gasteiger partial charge in [-0.2, -0.15) is 24.4 Å². The van der Waals surface area contributed by atoms with E-state index in [9.17, 15) is 54.1 Å². The maximum Gasteiger partial charge on any atom is 1.00 e. The van der Waals surface area contributed by atoms with Gasteiger partial charge in [0.2, 0.25) is 11.6 Å². The van der Waals surface area contributed by atoms with Gasteiger partial charge in [0.15, 0.2) is 11.4 Å². The molecule has 4 aromatic carbocycles. The Labute approximate surface area is 441 Å². The largest absolute Gasteiger partial charge is 1.00 e. The summed E-state index contributed by atoms with van der Waals surface area (Å²) in [5.41, 5.74) is 6.34. The van der Waals surface area contributed by atoms with Crippen LogP contribution in [0.25, 0.3) is 17.2 Å². The molecule has 0 saturated heterocycles. The Morgan fingerprint density at radius 2 is 1.30 bits per heavy atom. The van der Waals surface area contributed by atoms with Crippen LogP contribution in [0.4, 0.5) is 34.1 Å². The van der Waals surface area contributed by atoms with Gasteiger partial charge in [-0.1, -0.05) is 30.3 Å². The molecule has 0 radical (unpaired) electrons. The van der Waals surface area contributed by atoms with E-state index in [1.165, 1.54) is 54.6 Å². The molecule has 0 heterocycles. The number of fused-ring (bicyclic) bond motifs is 2. The van der Waals surface area contributed by atoms with Gasteiger partial charge >= 0.3 is 99.2 Å². The van der Waals surface area contributed by atoms with Crippen LogP contribution in [0.1, 0.15) is 15.9 Å². The van der Waals surface area contributed by atoms with Crippen molar-refractivity contribution in [2.75, 3.05) is 16.4 Å². The molecule has 66 heavy (non-hydrogen) atoms. The number of carbonyl (C=O) groups is 2. The first-order valence-electron chi connectivity index (χ1n) is 17.4. The van der Waals surface area contributed by atoms with Crippen molar-refractivity contribution in [2.24, 2.45) is 25.6 Å². The quantitative estimate of drug-likeness (QED) is 0.0222. The molecule has 28 heteroatoms. The molecule has 0 saturated carbocycles. The SMILES string of the molecule is N=C1C=CC2=CC(S(=O)(=O)[O-])=C(N=Nc3ccc(-c4ccc(NN=C5C(=O)c6c(cc(S(=O)(=O)[O-])c(N=Nc7ccc(N([O-])O)cc7)c6N)C=C5[S+](=O)(O)O)cc4)cc3)C(=O)C2=C1.[Na+].[Na+].[Na+]. The normalized spacial score (nSPS) is 15.6. The average Bonchev–Trinajstić information content (AvgIpc) is 3.22. The summed E-state index contributed by atoms with van der Waals surface area (Å²) in [5, 5.41) is 46.7. The summed E-state index contributed by atoms with van der Waals surface area (Å²) in [6.07, 6.45) is 5.63.